The van der Waals surface area contributed by atoms with Gasteiger partial charge >= 0.3 is 12.0 Å². The van der Waals surface area contributed by atoms with Gasteiger partial charge in [-0.2, -0.15) is 0 Å². The zero-order valence-electron chi connectivity index (χ0n) is 11.6. The van der Waals surface area contributed by atoms with Gasteiger partial charge in [0, 0.05) is 18.5 Å². The number of carbonyl (C=O) groups is 2. The van der Waals surface area contributed by atoms with E-state index in [2.05, 4.69) is 10.3 Å². The summed E-state index contributed by atoms with van der Waals surface area (Å²) >= 11 is 1.24. The number of nitrogens with zero attached hydrogens (tertiary/aromatic N) is 2. The molecule has 1 aromatic heterocycles. The first-order valence-corrected chi connectivity index (χ1v) is 7.80. The summed E-state index contributed by atoms with van der Waals surface area (Å²) in [4.78, 5) is 28.9. The molecule has 2 aliphatic heterocycles. The minimum atomic E-state index is -1.05. The van der Waals surface area contributed by atoms with Gasteiger partial charge in [0.1, 0.15) is 5.01 Å². The van der Waals surface area contributed by atoms with Gasteiger partial charge in [-0.15, -0.1) is 11.3 Å². The van der Waals surface area contributed by atoms with Crippen LogP contribution in [0.5, 0.6) is 0 Å². The average molecular weight is 311 g/mol. The Morgan fingerprint density at radius 3 is 2.71 bits per heavy atom. The lowest BCUT2D eigenvalue weighted by Gasteiger charge is -2.32. The molecule has 2 aliphatic rings. The van der Waals surface area contributed by atoms with Crippen molar-refractivity contribution in [1.29, 1.82) is 0 Å². The van der Waals surface area contributed by atoms with Gasteiger partial charge in [0.05, 0.1) is 18.2 Å². The molecule has 2 amide bonds. The predicted molar refractivity (Wildman–Crippen MR) is 75.5 cm³/mol. The number of aromatic nitrogens is 1. The molecule has 0 aliphatic carbocycles. The summed E-state index contributed by atoms with van der Waals surface area (Å²) in [5, 5.41) is 13.8. The fourth-order valence-electron chi connectivity index (χ4n) is 2.70. The van der Waals surface area contributed by atoms with Crippen molar-refractivity contribution in [2.45, 2.75) is 38.0 Å². The van der Waals surface area contributed by atoms with Crippen molar-refractivity contribution in [3.8, 4) is 0 Å². The van der Waals surface area contributed by atoms with Crippen molar-refractivity contribution < 1.29 is 19.4 Å². The highest BCUT2D eigenvalue weighted by Crippen LogP contribution is 2.26. The number of carbonyl (C=O) groups excluding carboxylic acids is 1. The average Bonchev–Trinajstić information content (AvgIpc) is 3.05. The van der Waals surface area contributed by atoms with E-state index in [1.807, 2.05) is 0 Å². The van der Waals surface area contributed by atoms with Gasteiger partial charge in [-0.1, -0.05) is 0 Å². The molecule has 2 fully saturated rings. The zero-order valence-corrected chi connectivity index (χ0v) is 12.4. The van der Waals surface area contributed by atoms with E-state index < -0.39 is 5.97 Å². The van der Waals surface area contributed by atoms with Gasteiger partial charge < -0.3 is 20.1 Å². The molecule has 3 rings (SSSR count). The number of carboxylic acid groups (broad SMARTS) is 1. The van der Waals surface area contributed by atoms with Crippen molar-refractivity contribution in [1.82, 2.24) is 15.2 Å². The minimum absolute atomic E-state index is 0.0144. The van der Waals surface area contributed by atoms with Crippen molar-refractivity contribution in [3.63, 3.8) is 0 Å². The van der Waals surface area contributed by atoms with Crippen LogP contribution in [0.25, 0.3) is 0 Å². The summed E-state index contributed by atoms with van der Waals surface area (Å²) in [6.07, 6.45) is 2.34. The third-order valence-corrected chi connectivity index (χ3v) is 4.81. The van der Waals surface area contributed by atoms with Crippen molar-refractivity contribution in [3.05, 3.63) is 16.1 Å². The number of fused-ring (bicyclic) bond motifs is 2. The number of rotatable bonds is 3. The number of hydrogen-bond donors (Lipinski definition) is 2. The largest absolute Gasteiger partial charge is 0.476 e. The van der Waals surface area contributed by atoms with Gasteiger partial charge in [0.2, 0.25) is 0 Å². The van der Waals surface area contributed by atoms with E-state index in [0.29, 0.717) is 18.1 Å². The van der Waals surface area contributed by atoms with Crippen LogP contribution in [0.1, 0.15) is 41.3 Å². The number of thiazole rings is 1. The molecular weight excluding hydrogens is 294 g/mol. The lowest BCUT2D eigenvalue weighted by molar-refractivity contribution is -0.0241. The summed E-state index contributed by atoms with van der Waals surface area (Å²) in [6, 6.07) is -0.453. The summed E-state index contributed by atoms with van der Waals surface area (Å²) in [6.45, 7) is 3.04. The van der Waals surface area contributed by atoms with E-state index in [-0.39, 0.29) is 30.0 Å². The molecule has 0 aromatic carbocycles. The zero-order chi connectivity index (χ0) is 15.0. The Morgan fingerprint density at radius 1 is 1.48 bits per heavy atom. The third-order valence-electron chi connectivity index (χ3n) is 3.78. The number of likely N-dealkylation sites (tertiary alicyclic amines) is 1. The number of aromatic carboxylic acids is 1. The first-order valence-electron chi connectivity index (χ1n) is 6.92. The van der Waals surface area contributed by atoms with Crippen molar-refractivity contribution >= 4 is 23.3 Å². The number of nitrogens with one attached hydrogen (secondary N) is 1. The maximum Gasteiger partial charge on any atom is 0.355 e. The summed E-state index contributed by atoms with van der Waals surface area (Å²) < 4.78 is 5.70. The van der Waals surface area contributed by atoms with E-state index in [0.717, 1.165) is 12.8 Å². The molecule has 0 saturated carbocycles. The van der Waals surface area contributed by atoms with E-state index in [4.69, 9.17) is 9.84 Å². The maximum absolute atomic E-state index is 12.3. The van der Waals surface area contributed by atoms with Crippen LogP contribution in [0.3, 0.4) is 0 Å². The molecular formula is C13H17N3O4S. The van der Waals surface area contributed by atoms with Crippen LogP contribution >= 0.6 is 11.3 Å². The van der Waals surface area contributed by atoms with Crippen LogP contribution in [0.4, 0.5) is 4.79 Å². The van der Waals surface area contributed by atoms with Crippen LogP contribution < -0.4 is 5.32 Å². The van der Waals surface area contributed by atoms with Crippen LogP contribution in [0, 0.1) is 0 Å². The molecule has 21 heavy (non-hydrogen) atoms. The first-order chi connectivity index (χ1) is 10.0. The van der Waals surface area contributed by atoms with Crippen LogP contribution in [-0.4, -0.2) is 52.3 Å². The van der Waals surface area contributed by atoms with E-state index >= 15 is 0 Å². The third kappa shape index (κ3) is 3.01. The Labute approximate surface area is 125 Å². The molecule has 8 heteroatoms. The van der Waals surface area contributed by atoms with Crippen molar-refractivity contribution in [2.24, 2.45) is 0 Å². The van der Waals surface area contributed by atoms with Crippen LogP contribution in [0.2, 0.25) is 0 Å². The summed E-state index contributed by atoms with van der Waals surface area (Å²) in [7, 11) is 0. The number of morpholine rings is 1. The SMILES string of the molecule is CC(NC(=O)N1CC2CCC(C1)O2)c1nc(C(=O)O)cs1. The normalized spacial score (nSPS) is 25.7. The minimum Gasteiger partial charge on any atom is -0.476 e. The fourth-order valence-corrected chi connectivity index (χ4v) is 3.50. The standard InChI is InChI=1S/C13H17N3O4S/c1-7(11-15-10(6-21-11)12(17)18)14-13(19)16-4-8-2-3-9(5-16)20-8/h6-9H,2-5H2,1H3,(H,14,19)(H,17,18). The van der Waals surface area contributed by atoms with Crippen molar-refractivity contribution in [2.75, 3.05) is 13.1 Å². The fraction of sp³-hybridized carbons (Fsp3) is 0.615. The molecule has 3 atom stereocenters. The highest BCUT2D eigenvalue weighted by atomic mass is 32.1. The van der Waals surface area contributed by atoms with Crippen LogP contribution in [-0.2, 0) is 4.74 Å². The maximum atomic E-state index is 12.3. The second kappa shape index (κ2) is 5.61. The molecule has 3 unspecified atom stereocenters. The number of urea groups is 1. The summed E-state index contributed by atoms with van der Waals surface area (Å²) in [5.41, 5.74) is 0.0144. The molecule has 1 aromatic rings. The molecule has 0 radical (unpaired) electrons. The molecule has 7 nitrogen and oxygen atoms in total. The summed E-state index contributed by atoms with van der Waals surface area (Å²) in [5.74, 6) is -1.05. The Bertz CT molecular complexity index is 549. The van der Waals surface area contributed by atoms with E-state index in [1.165, 1.54) is 16.7 Å². The predicted octanol–water partition coefficient (Wildman–Crippen LogP) is 1.48. The quantitative estimate of drug-likeness (QED) is 0.882. The van der Waals surface area contributed by atoms with Gasteiger partial charge in [0.25, 0.3) is 0 Å². The van der Waals surface area contributed by atoms with Gasteiger partial charge in [0.15, 0.2) is 5.69 Å². The van der Waals surface area contributed by atoms with Crippen LogP contribution in [0.15, 0.2) is 5.38 Å². The topological polar surface area (TPSA) is 91.8 Å². The van der Waals surface area contributed by atoms with E-state index in [1.54, 1.807) is 11.8 Å². The van der Waals surface area contributed by atoms with Gasteiger partial charge in [-0.05, 0) is 19.8 Å². The second-order valence-corrected chi connectivity index (χ2v) is 6.30. The Balaban J connectivity index is 1.60. The second-order valence-electron chi connectivity index (χ2n) is 5.41. The number of hydrogen-bond acceptors (Lipinski definition) is 5. The number of amides is 2. The van der Waals surface area contributed by atoms with Gasteiger partial charge in [-0.25, -0.2) is 14.6 Å². The highest BCUT2D eigenvalue weighted by Gasteiger charge is 2.36. The molecule has 0 spiro atoms. The lowest BCUT2D eigenvalue weighted by Crippen LogP contribution is -2.50. The number of ether oxygens (including phenoxy) is 1. The van der Waals surface area contributed by atoms with E-state index in [9.17, 15) is 9.59 Å². The first kappa shape index (κ1) is 14.3. The molecule has 2 bridgehead atoms. The van der Waals surface area contributed by atoms with Gasteiger partial charge in [-0.3, -0.25) is 0 Å². The Hall–Kier alpha value is -1.67. The lowest BCUT2D eigenvalue weighted by atomic mass is 10.2. The smallest absolute Gasteiger partial charge is 0.355 e. The Kier molecular flexibility index (Phi) is 3.81. The number of carboxylic acids is 1. The highest BCUT2D eigenvalue weighted by molar-refractivity contribution is 7.09. The molecule has 2 saturated heterocycles. The monoisotopic (exact) mass is 311 g/mol. The molecule has 114 valence electrons. The molecule has 2 N–H and O–H groups in total. The Morgan fingerprint density at radius 2 is 2.14 bits per heavy atom. The molecule has 3 heterocycles.